The third-order valence-electron chi connectivity index (χ3n) is 3.74. The first-order valence-electron chi connectivity index (χ1n) is 7.28. The number of imidazole rings is 1. The van der Waals surface area contributed by atoms with Crippen molar-refractivity contribution in [2.45, 2.75) is 40.2 Å². The lowest BCUT2D eigenvalue weighted by Gasteiger charge is -2.23. The van der Waals surface area contributed by atoms with Gasteiger partial charge in [-0.2, -0.15) is 0 Å². The van der Waals surface area contributed by atoms with Gasteiger partial charge in [0.15, 0.2) is 0 Å². The van der Waals surface area contributed by atoms with Crippen molar-refractivity contribution in [3.05, 3.63) is 30.1 Å². The summed E-state index contributed by atoms with van der Waals surface area (Å²) >= 11 is 0. The molecule has 0 bridgehead atoms. The Labute approximate surface area is 120 Å². The van der Waals surface area contributed by atoms with Crippen LogP contribution in [0, 0.1) is 11.8 Å². The number of aromatic nitrogens is 2. The van der Waals surface area contributed by atoms with Gasteiger partial charge >= 0.3 is 0 Å². The van der Waals surface area contributed by atoms with Crippen LogP contribution in [0.4, 0.5) is 0 Å². The van der Waals surface area contributed by atoms with Crippen molar-refractivity contribution in [1.29, 1.82) is 0 Å². The van der Waals surface area contributed by atoms with E-state index in [4.69, 9.17) is 0 Å². The minimum Gasteiger partial charge on any atom is -0.346 e. The summed E-state index contributed by atoms with van der Waals surface area (Å²) in [5, 5.41) is 3.11. The summed E-state index contributed by atoms with van der Waals surface area (Å²) in [5.74, 6) is 1.22. The maximum atomic E-state index is 12.0. The summed E-state index contributed by atoms with van der Waals surface area (Å²) in [6.07, 6.45) is 0.986. The summed E-state index contributed by atoms with van der Waals surface area (Å²) in [6, 6.07) is 7.87. The zero-order valence-electron chi connectivity index (χ0n) is 12.6. The van der Waals surface area contributed by atoms with Gasteiger partial charge in [-0.25, -0.2) is 4.98 Å². The molecule has 2 rings (SSSR count). The molecule has 0 saturated heterocycles. The molecule has 0 saturated carbocycles. The molecular weight excluding hydrogens is 250 g/mol. The number of H-pyrrole nitrogens is 1. The lowest BCUT2D eigenvalue weighted by Crippen LogP contribution is -2.35. The standard InChI is InChI=1S/C16H23N3O/c1-5-11(4)14(19-16(20)10(2)3)15-17-12-8-6-7-9-13(12)18-15/h6-11,14H,5H2,1-4H3,(H,17,18)(H,19,20). The first kappa shape index (κ1) is 14.6. The molecule has 4 nitrogen and oxygen atoms in total. The Morgan fingerprint density at radius 3 is 2.60 bits per heavy atom. The topological polar surface area (TPSA) is 57.8 Å². The van der Waals surface area contributed by atoms with Crippen LogP contribution in [0.1, 0.15) is 46.0 Å². The Morgan fingerprint density at radius 2 is 2.00 bits per heavy atom. The van der Waals surface area contributed by atoms with Crippen LogP contribution >= 0.6 is 0 Å². The summed E-state index contributed by atoms with van der Waals surface area (Å²) in [6.45, 7) is 8.07. The third-order valence-corrected chi connectivity index (χ3v) is 3.74. The fraction of sp³-hybridized carbons (Fsp3) is 0.500. The van der Waals surface area contributed by atoms with E-state index >= 15 is 0 Å². The normalized spacial score (nSPS) is 14.4. The van der Waals surface area contributed by atoms with Gasteiger partial charge in [-0.15, -0.1) is 0 Å². The van der Waals surface area contributed by atoms with Crippen LogP contribution in [0.2, 0.25) is 0 Å². The number of fused-ring (bicyclic) bond motifs is 1. The van der Waals surface area contributed by atoms with Crippen LogP contribution in [-0.2, 0) is 4.79 Å². The van der Waals surface area contributed by atoms with Crippen LogP contribution in [0.15, 0.2) is 24.3 Å². The number of hydrogen-bond acceptors (Lipinski definition) is 2. The minimum absolute atomic E-state index is 0.0223. The lowest BCUT2D eigenvalue weighted by atomic mass is 9.98. The van der Waals surface area contributed by atoms with Gasteiger partial charge in [-0.05, 0) is 18.1 Å². The smallest absolute Gasteiger partial charge is 0.223 e. The molecule has 1 heterocycles. The Bertz CT molecular complexity index is 555. The number of nitrogens with zero attached hydrogens (tertiary/aromatic N) is 1. The van der Waals surface area contributed by atoms with Crippen molar-refractivity contribution in [2.75, 3.05) is 0 Å². The summed E-state index contributed by atoms with van der Waals surface area (Å²) < 4.78 is 0. The molecule has 2 unspecified atom stereocenters. The second kappa shape index (κ2) is 6.07. The highest BCUT2D eigenvalue weighted by Crippen LogP contribution is 2.24. The SMILES string of the molecule is CCC(C)C(NC(=O)C(C)C)c1nc2ccccc2[nH]1. The molecular formula is C16H23N3O. The summed E-state index contributed by atoms with van der Waals surface area (Å²) in [5.41, 5.74) is 1.95. The monoisotopic (exact) mass is 273 g/mol. The van der Waals surface area contributed by atoms with Gasteiger partial charge in [0.25, 0.3) is 0 Å². The minimum atomic E-state index is -0.0673. The Balaban J connectivity index is 2.32. The molecule has 0 spiro atoms. The molecule has 0 aliphatic rings. The second-order valence-corrected chi connectivity index (χ2v) is 5.67. The molecule has 2 aromatic rings. The van der Waals surface area contributed by atoms with Crippen LogP contribution < -0.4 is 5.32 Å². The Hall–Kier alpha value is -1.84. The summed E-state index contributed by atoms with van der Waals surface area (Å²) in [4.78, 5) is 20.0. The molecule has 4 heteroatoms. The largest absolute Gasteiger partial charge is 0.346 e. The Morgan fingerprint density at radius 1 is 1.30 bits per heavy atom. The molecule has 108 valence electrons. The summed E-state index contributed by atoms with van der Waals surface area (Å²) in [7, 11) is 0. The maximum Gasteiger partial charge on any atom is 0.223 e. The highest BCUT2D eigenvalue weighted by atomic mass is 16.1. The van der Waals surface area contributed by atoms with E-state index in [0.717, 1.165) is 23.3 Å². The van der Waals surface area contributed by atoms with Gasteiger partial charge in [-0.3, -0.25) is 4.79 Å². The average molecular weight is 273 g/mol. The number of benzene rings is 1. The number of nitrogens with one attached hydrogen (secondary N) is 2. The second-order valence-electron chi connectivity index (χ2n) is 5.67. The fourth-order valence-electron chi connectivity index (χ4n) is 2.16. The van der Waals surface area contributed by atoms with Crippen LogP contribution in [-0.4, -0.2) is 15.9 Å². The molecule has 0 aliphatic carbocycles. The number of hydrogen-bond donors (Lipinski definition) is 2. The lowest BCUT2D eigenvalue weighted by molar-refractivity contribution is -0.125. The fourth-order valence-corrected chi connectivity index (χ4v) is 2.16. The molecule has 0 fully saturated rings. The van der Waals surface area contributed by atoms with Crippen LogP contribution in [0.3, 0.4) is 0 Å². The van der Waals surface area contributed by atoms with E-state index in [1.165, 1.54) is 0 Å². The predicted molar refractivity (Wildman–Crippen MR) is 81.3 cm³/mol. The van der Waals surface area contributed by atoms with Crippen molar-refractivity contribution in [2.24, 2.45) is 11.8 Å². The van der Waals surface area contributed by atoms with Gasteiger partial charge < -0.3 is 10.3 Å². The van der Waals surface area contributed by atoms with E-state index in [2.05, 4.69) is 29.1 Å². The van der Waals surface area contributed by atoms with Gasteiger partial charge in [0, 0.05) is 5.92 Å². The van der Waals surface area contributed by atoms with Gasteiger partial charge in [-0.1, -0.05) is 46.2 Å². The van der Waals surface area contributed by atoms with E-state index in [1.54, 1.807) is 0 Å². The van der Waals surface area contributed by atoms with Gasteiger partial charge in [0.05, 0.1) is 17.1 Å². The highest BCUT2D eigenvalue weighted by Gasteiger charge is 2.24. The van der Waals surface area contributed by atoms with Gasteiger partial charge in [0.1, 0.15) is 5.82 Å². The predicted octanol–water partition coefficient (Wildman–Crippen LogP) is 3.42. The molecule has 0 aliphatic heterocycles. The quantitative estimate of drug-likeness (QED) is 0.877. The number of para-hydroxylation sites is 2. The van der Waals surface area contributed by atoms with E-state index in [9.17, 15) is 4.79 Å². The number of rotatable bonds is 5. The molecule has 1 aromatic heterocycles. The highest BCUT2D eigenvalue weighted by molar-refractivity contribution is 5.79. The molecule has 2 N–H and O–H groups in total. The molecule has 0 radical (unpaired) electrons. The first-order valence-corrected chi connectivity index (χ1v) is 7.28. The van der Waals surface area contributed by atoms with Gasteiger partial charge in [0.2, 0.25) is 5.91 Å². The van der Waals surface area contributed by atoms with Crippen molar-refractivity contribution >= 4 is 16.9 Å². The number of amides is 1. The van der Waals surface area contributed by atoms with Crippen molar-refractivity contribution in [1.82, 2.24) is 15.3 Å². The molecule has 1 aromatic carbocycles. The van der Waals surface area contributed by atoms with E-state index in [-0.39, 0.29) is 17.9 Å². The average Bonchev–Trinajstić information content (AvgIpc) is 2.86. The molecule has 2 atom stereocenters. The van der Waals surface area contributed by atoms with Crippen LogP contribution in [0.25, 0.3) is 11.0 Å². The third kappa shape index (κ3) is 3.00. The zero-order valence-corrected chi connectivity index (χ0v) is 12.6. The number of carbonyl (C=O) groups excluding carboxylic acids is 1. The zero-order chi connectivity index (χ0) is 14.7. The maximum absolute atomic E-state index is 12.0. The number of carbonyl (C=O) groups is 1. The molecule has 1 amide bonds. The number of aromatic amines is 1. The Kier molecular flexibility index (Phi) is 4.42. The van der Waals surface area contributed by atoms with E-state index < -0.39 is 0 Å². The van der Waals surface area contributed by atoms with Crippen LogP contribution in [0.5, 0.6) is 0 Å². The van der Waals surface area contributed by atoms with Crippen molar-refractivity contribution in [3.63, 3.8) is 0 Å². The van der Waals surface area contributed by atoms with E-state index in [1.807, 2.05) is 38.1 Å². The van der Waals surface area contributed by atoms with Crippen molar-refractivity contribution < 1.29 is 4.79 Å². The van der Waals surface area contributed by atoms with Crippen molar-refractivity contribution in [3.8, 4) is 0 Å². The molecule has 20 heavy (non-hydrogen) atoms. The van der Waals surface area contributed by atoms with E-state index in [0.29, 0.717) is 5.92 Å². The first-order chi connectivity index (χ1) is 9.52.